The summed E-state index contributed by atoms with van der Waals surface area (Å²) in [5.41, 5.74) is -0.447. The van der Waals surface area contributed by atoms with Gasteiger partial charge < -0.3 is 10.6 Å². The molecular weight excluding hydrogens is 272 g/mol. The molecule has 2 aromatic rings. The van der Waals surface area contributed by atoms with E-state index in [1.54, 1.807) is 18.2 Å². The molecule has 0 unspecified atom stereocenters. The fourth-order valence-electron chi connectivity index (χ4n) is 2.64. The van der Waals surface area contributed by atoms with Crippen molar-refractivity contribution >= 4 is 22.4 Å². The lowest BCUT2D eigenvalue weighted by atomic mass is 9.98. The minimum atomic E-state index is -0.428. The van der Waals surface area contributed by atoms with E-state index >= 15 is 0 Å². The Labute approximate surface area is 119 Å². The summed E-state index contributed by atoms with van der Waals surface area (Å²) in [7, 11) is 0. The molecule has 0 saturated carbocycles. The minimum absolute atomic E-state index is 0.116. The van der Waals surface area contributed by atoms with Gasteiger partial charge in [-0.05, 0) is 31.5 Å². The van der Waals surface area contributed by atoms with Gasteiger partial charge in [0.2, 0.25) is 5.91 Å². The van der Waals surface area contributed by atoms with Crippen molar-refractivity contribution in [2.45, 2.75) is 12.8 Å². The summed E-state index contributed by atoms with van der Waals surface area (Å²) in [5, 5.41) is 11.0. The van der Waals surface area contributed by atoms with Crippen LogP contribution in [0.25, 0.3) is 10.8 Å². The maximum atomic E-state index is 12.3. The van der Waals surface area contributed by atoms with Crippen LogP contribution in [0.4, 0.5) is 5.69 Å². The van der Waals surface area contributed by atoms with Gasteiger partial charge in [-0.1, -0.05) is 6.07 Å². The smallest absolute Gasteiger partial charge is 0.272 e. The lowest BCUT2D eigenvalue weighted by Crippen LogP contribution is -2.37. The third-order valence-corrected chi connectivity index (χ3v) is 3.75. The summed E-state index contributed by atoms with van der Waals surface area (Å²) in [4.78, 5) is 35.9. The van der Waals surface area contributed by atoms with E-state index in [2.05, 4.69) is 20.8 Å². The zero-order chi connectivity index (χ0) is 14.8. The van der Waals surface area contributed by atoms with Crippen LogP contribution in [0.1, 0.15) is 12.8 Å². The lowest BCUT2D eigenvalue weighted by Gasteiger charge is -2.22. The van der Waals surface area contributed by atoms with Gasteiger partial charge in [0.25, 0.3) is 11.1 Å². The standard InChI is InChI=1S/C14H16N4O3/c19-12(8-3-2-6-15-7-8)16-10-5-1-4-9-11(10)14(21)18-17-13(9)20/h1,4-5,8,15H,2-3,6-7H2,(H,16,19)(H,17,20)(H,18,21)/t8-/m0/s1. The Morgan fingerprint density at radius 2 is 2.00 bits per heavy atom. The van der Waals surface area contributed by atoms with Gasteiger partial charge >= 0.3 is 0 Å². The van der Waals surface area contributed by atoms with E-state index in [0.717, 1.165) is 19.4 Å². The molecule has 0 aliphatic carbocycles. The molecule has 1 aliphatic heterocycles. The van der Waals surface area contributed by atoms with Crippen LogP contribution in [0, 0.1) is 5.92 Å². The third kappa shape index (κ3) is 2.59. The number of fused-ring (bicyclic) bond motifs is 1. The third-order valence-electron chi connectivity index (χ3n) is 3.75. The second-order valence-electron chi connectivity index (χ2n) is 5.17. The highest BCUT2D eigenvalue weighted by molar-refractivity contribution is 6.02. The van der Waals surface area contributed by atoms with Crippen molar-refractivity contribution in [2.75, 3.05) is 18.4 Å². The first kappa shape index (κ1) is 13.6. The van der Waals surface area contributed by atoms with Gasteiger partial charge in [-0.15, -0.1) is 0 Å². The Hall–Kier alpha value is -2.41. The molecule has 110 valence electrons. The number of hydrogen-bond acceptors (Lipinski definition) is 4. The quantitative estimate of drug-likeness (QED) is 0.631. The van der Waals surface area contributed by atoms with Gasteiger partial charge in [-0.3, -0.25) is 24.6 Å². The van der Waals surface area contributed by atoms with E-state index in [0.29, 0.717) is 12.2 Å². The maximum absolute atomic E-state index is 12.3. The van der Waals surface area contributed by atoms with Crippen molar-refractivity contribution in [2.24, 2.45) is 5.92 Å². The molecule has 7 heteroatoms. The summed E-state index contributed by atoms with van der Waals surface area (Å²) >= 11 is 0. The highest BCUT2D eigenvalue weighted by atomic mass is 16.2. The first-order valence-corrected chi connectivity index (χ1v) is 6.92. The number of amides is 1. The Morgan fingerprint density at radius 3 is 2.76 bits per heavy atom. The maximum Gasteiger partial charge on any atom is 0.272 e. The predicted molar refractivity (Wildman–Crippen MR) is 79.4 cm³/mol. The zero-order valence-corrected chi connectivity index (χ0v) is 11.4. The summed E-state index contributed by atoms with van der Waals surface area (Å²) in [6, 6.07) is 4.83. The number of aromatic nitrogens is 2. The highest BCUT2D eigenvalue weighted by Gasteiger charge is 2.21. The van der Waals surface area contributed by atoms with Gasteiger partial charge in [0.1, 0.15) is 0 Å². The van der Waals surface area contributed by atoms with Crippen molar-refractivity contribution in [3.63, 3.8) is 0 Å². The molecule has 0 bridgehead atoms. The molecule has 3 rings (SSSR count). The Bertz CT molecular complexity index is 787. The van der Waals surface area contributed by atoms with Gasteiger partial charge in [0.15, 0.2) is 0 Å². The van der Waals surface area contributed by atoms with Crippen molar-refractivity contribution in [1.29, 1.82) is 0 Å². The molecule has 1 aromatic heterocycles. The van der Waals surface area contributed by atoms with Crippen LogP contribution in [0.2, 0.25) is 0 Å². The van der Waals surface area contributed by atoms with Crippen molar-refractivity contribution < 1.29 is 4.79 Å². The van der Waals surface area contributed by atoms with E-state index in [4.69, 9.17) is 0 Å². The van der Waals surface area contributed by atoms with Crippen LogP contribution in [-0.2, 0) is 4.79 Å². The van der Waals surface area contributed by atoms with E-state index in [-0.39, 0.29) is 28.2 Å². The summed E-state index contributed by atoms with van der Waals surface area (Å²) in [6.07, 6.45) is 1.77. The van der Waals surface area contributed by atoms with Crippen molar-refractivity contribution in [3.05, 3.63) is 38.9 Å². The van der Waals surface area contributed by atoms with Crippen LogP contribution in [0.5, 0.6) is 0 Å². The molecule has 2 heterocycles. The van der Waals surface area contributed by atoms with Crippen LogP contribution >= 0.6 is 0 Å². The number of rotatable bonds is 2. The molecule has 1 aliphatic rings. The van der Waals surface area contributed by atoms with E-state index in [1.165, 1.54) is 0 Å². The normalized spacial score (nSPS) is 18.6. The van der Waals surface area contributed by atoms with Crippen LogP contribution in [-0.4, -0.2) is 29.2 Å². The lowest BCUT2D eigenvalue weighted by molar-refractivity contribution is -0.120. The monoisotopic (exact) mass is 288 g/mol. The average molecular weight is 288 g/mol. The summed E-state index contributed by atoms with van der Waals surface area (Å²) in [6.45, 7) is 1.56. The van der Waals surface area contributed by atoms with E-state index in [9.17, 15) is 14.4 Å². The average Bonchev–Trinajstić information content (AvgIpc) is 2.52. The first-order valence-electron chi connectivity index (χ1n) is 6.92. The molecule has 21 heavy (non-hydrogen) atoms. The molecule has 1 aromatic carbocycles. The predicted octanol–water partition coefficient (Wildman–Crippen LogP) is 0.154. The largest absolute Gasteiger partial charge is 0.325 e. The summed E-state index contributed by atoms with van der Waals surface area (Å²) < 4.78 is 0. The number of carbonyl (C=O) groups is 1. The molecule has 1 saturated heterocycles. The van der Waals surface area contributed by atoms with Crippen molar-refractivity contribution in [1.82, 2.24) is 15.5 Å². The Kier molecular flexibility index (Phi) is 3.57. The van der Waals surface area contributed by atoms with Gasteiger partial charge in [-0.25, -0.2) is 0 Å². The summed E-state index contributed by atoms with van der Waals surface area (Å²) in [5.74, 6) is -0.246. The van der Waals surface area contributed by atoms with Gasteiger partial charge in [-0.2, -0.15) is 0 Å². The van der Waals surface area contributed by atoms with Crippen molar-refractivity contribution in [3.8, 4) is 0 Å². The first-order chi connectivity index (χ1) is 10.2. The zero-order valence-electron chi connectivity index (χ0n) is 11.4. The number of nitrogens with one attached hydrogen (secondary N) is 4. The number of hydrogen-bond donors (Lipinski definition) is 4. The number of benzene rings is 1. The number of anilines is 1. The second kappa shape index (κ2) is 5.53. The van der Waals surface area contributed by atoms with Crippen LogP contribution < -0.4 is 21.8 Å². The molecule has 0 radical (unpaired) electrons. The fraction of sp³-hybridized carbons (Fsp3) is 0.357. The highest BCUT2D eigenvalue weighted by Crippen LogP contribution is 2.19. The SMILES string of the molecule is O=C(Nc1cccc2c(=O)[nH][nH]c(=O)c12)[C@H]1CCCNC1. The minimum Gasteiger partial charge on any atom is -0.325 e. The Morgan fingerprint density at radius 1 is 1.19 bits per heavy atom. The molecule has 1 atom stereocenters. The van der Waals surface area contributed by atoms with Gasteiger partial charge in [0.05, 0.1) is 22.4 Å². The molecule has 7 nitrogen and oxygen atoms in total. The number of H-pyrrole nitrogens is 2. The fourth-order valence-corrected chi connectivity index (χ4v) is 2.64. The van der Waals surface area contributed by atoms with Crippen LogP contribution in [0.3, 0.4) is 0 Å². The molecule has 4 N–H and O–H groups in total. The molecule has 1 amide bonds. The van der Waals surface area contributed by atoms with E-state index in [1.807, 2.05) is 0 Å². The Balaban J connectivity index is 1.97. The van der Waals surface area contributed by atoms with E-state index < -0.39 is 5.56 Å². The number of aromatic amines is 2. The van der Waals surface area contributed by atoms with Crippen LogP contribution in [0.15, 0.2) is 27.8 Å². The molecular formula is C14H16N4O3. The topological polar surface area (TPSA) is 107 Å². The number of carbonyl (C=O) groups excluding carboxylic acids is 1. The second-order valence-corrected chi connectivity index (χ2v) is 5.17. The molecule has 0 spiro atoms. The number of piperidine rings is 1. The molecule has 1 fully saturated rings. The van der Waals surface area contributed by atoms with Gasteiger partial charge in [0, 0.05) is 6.54 Å².